The zero-order valence-electron chi connectivity index (χ0n) is 11.8. The standard InChI is InChI=1S/C15H18ClN3O2/c1-2-13(10-20)18-15(21)12-7-17-19(9-12)8-11-5-3-4-6-14(11)16/h3-7,9,13,20H,2,8,10H2,1H3,(H,18,21). The summed E-state index contributed by atoms with van der Waals surface area (Å²) in [6.45, 7) is 2.34. The fourth-order valence-corrected chi connectivity index (χ4v) is 2.11. The van der Waals surface area contributed by atoms with Crippen LogP contribution in [0, 0.1) is 0 Å². The van der Waals surface area contributed by atoms with Crippen LogP contribution < -0.4 is 5.32 Å². The molecular weight excluding hydrogens is 290 g/mol. The van der Waals surface area contributed by atoms with Gasteiger partial charge in [-0.05, 0) is 18.1 Å². The molecule has 0 aliphatic carbocycles. The lowest BCUT2D eigenvalue weighted by Gasteiger charge is -2.12. The third-order valence-corrected chi connectivity index (χ3v) is 3.60. The van der Waals surface area contributed by atoms with Crippen molar-refractivity contribution in [3.8, 4) is 0 Å². The molecule has 0 aliphatic rings. The van der Waals surface area contributed by atoms with Crippen LogP contribution in [-0.2, 0) is 6.54 Å². The fraction of sp³-hybridized carbons (Fsp3) is 0.333. The van der Waals surface area contributed by atoms with Crippen molar-refractivity contribution in [1.82, 2.24) is 15.1 Å². The highest BCUT2D eigenvalue weighted by Crippen LogP contribution is 2.16. The van der Waals surface area contributed by atoms with E-state index in [-0.39, 0.29) is 18.6 Å². The number of hydrogen-bond donors (Lipinski definition) is 2. The number of nitrogens with zero attached hydrogens (tertiary/aromatic N) is 2. The molecule has 0 bridgehead atoms. The van der Waals surface area contributed by atoms with Crippen molar-refractivity contribution in [3.63, 3.8) is 0 Å². The molecule has 2 N–H and O–H groups in total. The third-order valence-electron chi connectivity index (χ3n) is 3.23. The van der Waals surface area contributed by atoms with Crippen LogP contribution in [0.15, 0.2) is 36.7 Å². The van der Waals surface area contributed by atoms with Crippen LogP contribution in [0.1, 0.15) is 29.3 Å². The Bertz CT molecular complexity index is 608. The number of aromatic nitrogens is 2. The Morgan fingerprint density at radius 3 is 2.90 bits per heavy atom. The molecule has 0 aliphatic heterocycles. The van der Waals surface area contributed by atoms with Gasteiger partial charge in [0.2, 0.25) is 0 Å². The van der Waals surface area contributed by atoms with Crippen molar-refractivity contribution < 1.29 is 9.90 Å². The first-order valence-electron chi connectivity index (χ1n) is 6.81. The van der Waals surface area contributed by atoms with Gasteiger partial charge in [-0.2, -0.15) is 5.10 Å². The van der Waals surface area contributed by atoms with Crippen LogP contribution in [0.25, 0.3) is 0 Å². The topological polar surface area (TPSA) is 67.2 Å². The highest BCUT2D eigenvalue weighted by molar-refractivity contribution is 6.31. The molecule has 1 aromatic heterocycles. The minimum Gasteiger partial charge on any atom is -0.394 e. The highest BCUT2D eigenvalue weighted by atomic mass is 35.5. The maximum atomic E-state index is 12.0. The van der Waals surface area contributed by atoms with Crippen molar-refractivity contribution >= 4 is 17.5 Å². The van der Waals surface area contributed by atoms with E-state index in [2.05, 4.69) is 10.4 Å². The summed E-state index contributed by atoms with van der Waals surface area (Å²) in [7, 11) is 0. The number of halogens is 1. The molecule has 0 fully saturated rings. The average Bonchev–Trinajstić information content (AvgIpc) is 2.95. The molecule has 112 valence electrons. The van der Waals surface area contributed by atoms with Gasteiger partial charge in [0.15, 0.2) is 0 Å². The van der Waals surface area contributed by atoms with Crippen LogP contribution >= 0.6 is 11.6 Å². The quantitative estimate of drug-likeness (QED) is 0.858. The number of hydrogen-bond acceptors (Lipinski definition) is 3. The zero-order valence-corrected chi connectivity index (χ0v) is 12.5. The van der Waals surface area contributed by atoms with Crippen molar-refractivity contribution in [2.45, 2.75) is 25.9 Å². The molecule has 0 radical (unpaired) electrons. The monoisotopic (exact) mass is 307 g/mol. The Hall–Kier alpha value is -1.85. The number of carbonyl (C=O) groups is 1. The van der Waals surface area contributed by atoms with Gasteiger partial charge in [0.1, 0.15) is 0 Å². The lowest BCUT2D eigenvalue weighted by atomic mass is 10.2. The third kappa shape index (κ3) is 4.06. The summed E-state index contributed by atoms with van der Waals surface area (Å²) >= 11 is 6.10. The predicted octanol–water partition coefficient (Wildman–Crippen LogP) is 2.09. The van der Waals surface area contributed by atoms with E-state index in [4.69, 9.17) is 16.7 Å². The van der Waals surface area contributed by atoms with Gasteiger partial charge in [-0.1, -0.05) is 36.7 Å². The normalized spacial score (nSPS) is 12.1. The molecule has 1 amide bonds. The van der Waals surface area contributed by atoms with Crippen LogP contribution in [-0.4, -0.2) is 33.4 Å². The summed E-state index contributed by atoms with van der Waals surface area (Å²) < 4.78 is 1.66. The van der Waals surface area contributed by atoms with E-state index in [1.807, 2.05) is 31.2 Å². The predicted molar refractivity (Wildman–Crippen MR) is 81.4 cm³/mol. The Morgan fingerprint density at radius 1 is 1.48 bits per heavy atom. The molecule has 2 aromatic rings. The van der Waals surface area contributed by atoms with Gasteiger partial charge in [0.05, 0.1) is 31.0 Å². The molecule has 2 rings (SSSR count). The summed E-state index contributed by atoms with van der Waals surface area (Å²) in [6, 6.07) is 7.28. The number of benzene rings is 1. The zero-order chi connectivity index (χ0) is 15.2. The number of aliphatic hydroxyl groups is 1. The van der Waals surface area contributed by atoms with E-state index in [1.165, 1.54) is 6.20 Å². The molecule has 6 heteroatoms. The molecule has 0 saturated carbocycles. The summed E-state index contributed by atoms with van der Waals surface area (Å²) in [5.41, 5.74) is 1.41. The average molecular weight is 308 g/mol. The molecule has 0 spiro atoms. The van der Waals surface area contributed by atoms with E-state index < -0.39 is 0 Å². The number of nitrogens with one attached hydrogen (secondary N) is 1. The fourth-order valence-electron chi connectivity index (χ4n) is 1.91. The van der Waals surface area contributed by atoms with Crippen molar-refractivity contribution in [3.05, 3.63) is 52.8 Å². The minimum absolute atomic E-state index is 0.0734. The Balaban J connectivity index is 2.04. The second-order valence-corrected chi connectivity index (χ2v) is 5.19. The van der Waals surface area contributed by atoms with Gasteiger partial charge in [0.25, 0.3) is 5.91 Å². The van der Waals surface area contributed by atoms with E-state index in [1.54, 1.807) is 10.9 Å². The minimum atomic E-state index is -0.235. The molecule has 1 heterocycles. The van der Waals surface area contributed by atoms with Gasteiger partial charge in [0, 0.05) is 11.2 Å². The number of carbonyl (C=O) groups excluding carboxylic acids is 1. The summed E-state index contributed by atoms with van der Waals surface area (Å²) in [6.07, 6.45) is 3.86. The maximum absolute atomic E-state index is 12.0. The van der Waals surface area contributed by atoms with Gasteiger partial charge in [-0.25, -0.2) is 0 Å². The lowest BCUT2D eigenvalue weighted by molar-refractivity contribution is 0.0915. The number of aliphatic hydroxyl groups excluding tert-OH is 1. The maximum Gasteiger partial charge on any atom is 0.254 e. The Kier molecular flexibility index (Phi) is 5.36. The summed E-state index contributed by atoms with van der Waals surface area (Å²) in [5, 5.41) is 16.7. The first kappa shape index (κ1) is 15.5. The first-order valence-corrected chi connectivity index (χ1v) is 7.19. The number of amides is 1. The SMILES string of the molecule is CCC(CO)NC(=O)c1cnn(Cc2ccccc2Cl)c1. The molecule has 1 unspecified atom stereocenters. The summed E-state index contributed by atoms with van der Waals surface area (Å²) in [5.74, 6) is -0.235. The van der Waals surface area contributed by atoms with Gasteiger partial charge in [-0.3, -0.25) is 9.48 Å². The van der Waals surface area contributed by atoms with Crippen LogP contribution in [0.3, 0.4) is 0 Å². The lowest BCUT2D eigenvalue weighted by Crippen LogP contribution is -2.36. The van der Waals surface area contributed by atoms with E-state index in [9.17, 15) is 4.79 Å². The molecular formula is C15H18ClN3O2. The molecule has 1 aromatic carbocycles. The molecule has 0 saturated heterocycles. The molecule has 21 heavy (non-hydrogen) atoms. The van der Waals surface area contributed by atoms with Gasteiger partial charge in [-0.15, -0.1) is 0 Å². The van der Waals surface area contributed by atoms with E-state index >= 15 is 0 Å². The Morgan fingerprint density at radius 2 is 2.24 bits per heavy atom. The second kappa shape index (κ2) is 7.24. The van der Waals surface area contributed by atoms with Crippen molar-refractivity contribution in [2.75, 3.05) is 6.61 Å². The van der Waals surface area contributed by atoms with Crippen LogP contribution in [0.5, 0.6) is 0 Å². The van der Waals surface area contributed by atoms with E-state index in [0.717, 1.165) is 5.56 Å². The summed E-state index contributed by atoms with van der Waals surface area (Å²) in [4.78, 5) is 12.0. The second-order valence-electron chi connectivity index (χ2n) is 4.78. The first-order chi connectivity index (χ1) is 10.1. The van der Waals surface area contributed by atoms with Crippen molar-refractivity contribution in [2.24, 2.45) is 0 Å². The molecule has 5 nitrogen and oxygen atoms in total. The van der Waals surface area contributed by atoms with Crippen LogP contribution in [0.2, 0.25) is 5.02 Å². The van der Waals surface area contributed by atoms with E-state index in [0.29, 0.717) is 23.6 Å². The van der Waals surface area contributed by atoms with Gasteiger partial charge >= 0.3 is 0 Å². The largest absolute Gasteiger partial charge is 0.394 e. The van der Waals surface area contributed by atoms with Crippen LogP contribution in [0.4, 0.5) is 0 Å². The van der Waals surface area contributed by atoms with Crippen molar-refractivity contribution in [1.29, 1.82) is 0 Å². The Labute approximate surface area is 128 Å². The molecule has 1 atom stereocenters. The van der Waals surface area contributed by atoms with Gasteiger partial charge < -0.3 is 10.4 Å². The highest BCUT2D eigenvalue weighted by Gasteiger charge is 2.13. The number of rotatable bonds is 6. The smallest absolute Gasteiger partial charge is 0.254 e.